The first kappa shape index (κ1) is 24.7. The molecule has 2 heterocycles. The molecule has 0 radical (unpaired) electrons. The molecule has 0 aromatic heterocycles. The SMILES string of the molecule is CCNC(=NCCCN1CCOCC1)NC1CCN(C(=O)C2CCCCC2)C1.I. The van der Waals surface area contributed by atoms with Crippen LogP contribution in [0.1, 0.15) is 51.9 Å². The van der Waals surface area contributed by atoms with Gasteiger partial charge in [0.05, 0.1) is 13.2 Å². The minimum atomic E-state index is 0. The van der Waals surface area contributed by atoms with Crippen molar-refractivity contribution >= 4 is 35.8 Å². The quantitative estimate of drug-likeness (QED) is 0.233. The number of nitrogens with zero attached hydrogens (tertiary/aromatic N) is 3. The van der Waals surface area contributed by atoms with Gasteiger partial charge in [0, 0.05) is 57.8 Å². The third-order valence-electron chi connectivity index (χ3n) is 6.15. The number of morpholine rings is 1. The number of aliphatic imine (C=N–C) groups is 1. The van der Waals surface area contributed by atoms with Crippen molar-refractivity contribution in [2.45, 2.75) is 57.9 Å². The van der Waals surface area contributed by atoms with E-state index in [0.717, 1.165) is 90.7 Å². The van der Waals surface area contributed by atoms with Crippen molar-refractivity contribution < 1.29 is 9.53 Å². The molecular formula is C21H40IN5O2. The highest BCUT2D eigenvalue weighted by atomic mass is 127. The molecular weight excluding hydrogens is 481 g/mol. The number of carbonyl (C=O) groups is 1. The minimum absolute atomic E-state index is 0. The van der Waals surface area contributed by atoms with Crippen LogP contribution in [-0.2, 0) is 9.53 Å². The fraction of sp³-hybridized carbons (Fsp3) is 0.905. The Bertz CT molecular complexity index is 507. The highest BCUT2D eigenvalue weighted by Gasteiger charge is 2.31. The van der Waals surface area contributed by atoms with Gasteiger partial charge in [0.15, 0.2) is 5.96 Å². The summed E-state index contributed by atoms with van der Waals surface area (Å²) in [4.78, 5) is 22.0. The Hall–Kier alpha value is -0.610. The standard InChI is InChI=1S/C21H39N5O2.HI/c1-2-22-21(23-10-6-11-25-13-15-28-16-14-25)24-19-9-12-26(17-19)20(27)18-7-4-3-5-8-18;/h18-19H,2-17H2,1H3,(H2,22,23,24);1H. The largest absolute Gasteiger partial charge is 0.379 e. The number of carbonyl (C=O) groups excluding carboxylic acids is 1. The maximum Gasteiger partial charge on any atom is 0.225 e. The zero-order chi connectivity index (χ0) is 19.6. The second-order valence-electron chi connectivity index (χ2n) is 8.32. The van der Waals surface area contributed by atoms with Crippen molar-refractivity contribution in [3.63, 3.8) is 0 Å². The molecule has 2 saturated heterocycles. The Morgan fingerprint density at radius 1 is 1.10 bits per heavy atom. The zero-order valence-electron chi connectivity index (χ0n) is 18.0. The van der Waals surface area contributed by atoms with Crippen LogP contribution in [0.2, 0.25) is 0 Å². The van der Waals surface area contributed by atoms with Crippen molar-refractivity contribution in [3.8, 4) is 0 Å². The number of likely N-dealkylation sites (tertiary alicyclic amines) is 1. The van der Waals surface area contributed by atoms with E-state index in [4.69, 9.17) is 9.73 Å². The van der Waals surface area contributed by atoms with Gasteiger partial charge in [0.2, 0.25) is 5.91 Å². The molecule has 1 amide bonds. The van der Waals surface area contributed by atoms with Crippen LogP contribution in [0.15, 0.2) is 4.99 Å². The molecule has 3 aliphatic rings. The van der Waals surface area contributed by atoms with Gasteiger partial charge in [-0.3, -0.25) is 14.7 Å². The summed E-state index contributed by atoms with van der Waals surface area (Å²) >= 11 is 0. The molecule has 2 N–H and O–H groups in total. The van der Waals surface area contributed by atoms with E-state index in [9.17, 15) is 4.79 Å². The van der Waals surface area contributed by atoms with Crippen LogP contribution in [0.3, 0.4) is 0 Å². The Morgan fingerprint density at radius 3 is 2.59 bits per heavy atom. The number of rotatable bonds is 7. The maximum atomic E-state index is 12.8. The van der Waals surface area contributed by atoms with E-state index in [1.54, 1.807) is 0 Å². The molecule has 1 unspecified atom stereocenters. The van der Waals surface area contributed by atoms with Gasteiger partial charge in [0.1, 0.15) is 0 Å². The highest BCUT2D eigenvalue weighted by Crippen LogP contribution is 2.26. The zero-order valence-corrected chi connectivity index (χ0v) is 20.4. The summed E-state index contributed by atoms with van der Waals surface area (Å²) in [6.07, 6.45) is 7.97. The summed E-state index contributed by atoms with van der Waals surface area (Å²) in [6.45, 7) is 10.3. The van der Waals surface area contributed by atoms with Crippen LogP contribution in [-0.4, -0.2) is 86.7 Å². The van der Waals surface area contributed by atoms with Gasteiger partial charge in [-0.2, -0.15) is 0 Å². The summed E-state index contributed by atoms with van der Waals surface area (Å²) in [7, 11) is 0. The summed E-state index contributed by atoms with van der Waals surface area (Å²) in [5.74, 6) is 1.55. The van der Waals surface area contributed by atoms with E-state index < -0.39 is 0 Å². The minimum Gasteiger partial charge on any atom is -0.379 e. The third-order valence-corrected chi connectivity index (χ3v) is 6.15. The molecule has 1 aliphatic carbocycles. The monoisotopic (exact) mass is 521 g/mol. The van der Waals surface area contributed by atoms with Gasteiger partial charge in [0.25, 0.3) is 0 Å². The topological polar surface area (TPSA) is 69.2 Å². The Balaban J connectivity index is 0.00000300. The third kappa shape index (κ3) is 8.20. The van der Waals surface area contributed by atoms with Crippen molar-refractivity contribution in [1.82, 2.24) is 20.4 Å². The van der Waals surface area contributed by atoms with Crippen LogP contribution in [0, 0.1) is 5.92 Å². The Labute approximate surface area is 193 Å². The van der Waals surface area contributed by atoms with E-state index in [2.05, 4.69) is 27.4 Å². The average molecular weight is 521 g/mol. The van der Waals surface area contributed by atoms with Gasteiger partial charge in [-0.05, 0) is 32.6 Å². The highest BCUT2D eigenvalue weighted by molar-refractivity contribution is 14.0. The van der Waals surface area contributed by atoms with Crippen LogP contribution in [0.5, 0.6) is 0 Å². The summed E-state index contributed by atoms with van der Waals surface area (Å²) in [5, 5.41) is 6.91. The lowest BCUT2D eigenvalue weighted by atomic mass is 9.88. The van der Waals surface area contributed by atoms with Crippen LogP contribution in [0.4, 0.5) is 0 Å². The van der Waals surface area contributed by atoms with Crippen molar-refractivity contribution in [2.75, 3.05) is 59.0 Å². The predicted octanol–water partition coefficient (Wildman–Crippen LogP) is 2.06. The number of hydrogen-bond donors (Lipinski definition) is 2. The fourth-order valence-electron chi connectivity index (χ4n) is 4.51. The lowest BCUT2D eigenvalue weighted by Crippen LogP contribution is -2.45. The van der Waals surface area contributed by atoms with Crippen LogP contribution >= 0.6 is 24.0 Å². The molecule has 29 heavy (non-hydrogen) atoms. The second-order valence-corrected chi connectivity index (χ2v) is 8.32. The van der Waals surface area contributed by atoms with Gasteiger partial charge in [-0.25, -0.2) is 0 Å². The summed E-state index contributed by atoms with van der Waals surface area (Å²) in [6, 6.07) is 0.310. The molecule has 2 aliphatic heterocycles. The number of guanidine groups is 1. The number of ether oxygens (including phenoxy) is 1. The van der Waals surface area contributed by atoms with E-state index in [-0.39, 0.29) is 29.9 Å². The molecule has 1 saturated carbocycles. The molecule has 168 valence electrons. The molecule has 7 nitrogen and oxygen atoms in total. The molecule has 8 heteroatoms. The first-order valence-electron chi connectivity index (χ1n) is 11.4. The maximum absolute atomic E-state index is 12.8. The van der Waals surface area contributed by atoms with Crippen molar-refractivity contribution in [1.29, 1.82) is 0 Å². The van der Waals surface area contributed by atoms with Gasteiger partial charge in [-0.1, -0.05) is 19.3 Å². The molecule has 0 aromatic rings. The molecule has 1 atom stereocenters. The molecule has 3 fully saturated rings. The number of amides is 1. The van der Waals surface area contributed by atoms with Gasteiger partial charge < -0.3 is 20.3 Å². The Morgan fingerprint density at radius 2 is 1.86 bits per heavy atom. The van der Waals surface area contributed by atoms with Gasteiger partial charge >= 0.3 is 0 Å². The van der Waals surface area contributed by atoms with E-state index in [1.165, 1.54) is 19.3 Å². The molecule has 3 rings (SSSR count). The summed E-state index contributed by atoms with van der Waals surface area (Å²) in [5.41, 5.74) is 0. The molecule has 0 spiro atoms. The number of nitrogens with one attached hydrogen (secondary N) is 2. The van der Waals surface area contributed by atoms with Crippen molar-refractivity contribution in [3.05, 3.63) is 0 Å². The van der Waals surface area contributed by atoms with E-state index in [0.29, 0.717) is 11.9 Å². The Kier molecular flexibility index (Phi) is 11.6. The predicted molar refractivity (Wildman–Crippen MR) is 128 cm³/mol. The lowest BCUT2D eigenvalue weighted by molar-refractivity contribution is -0.135. The van der Waals surface area contributed by atoms with Gasteiger partial charge in [-0.15, -0.1) is 24.0 Å². The fourth-order valence-corrected chi connectivity index (χ4v) is 4.51. The van der Waals surface area contributed by atoms with E-state index in [1.807, 2.05) is 0 Å². The van der Waals surface area contributed by atoms with Crippen LogP contribution < -0.4 is 10.6 Å². The molecule has 0 aromatic carbocycles. The van der Waals surface area contributed by atoms with Crippen molar-refractivity contribution in [2.24, 2.45) is 10.9 Å². The normalized spacial score (nSPS) is 24.2. The molecule has 0 bridgehead atoms. The van der Waals surface area contributed by atoms with Crippen LogP contribution in [0.25, 0.3) is 0 Å². The van der Waals surface area contributed by atoms with E-state index >= 15 is 0 Å². The number of halogens is 1. The second kappa shape index (κ2) is 13.6. The first-order valence-corrected chi connectivity index (χ1v) is 11.4. The first-order chi connectivity index (χ1) is 13.8. The number of hydrogen-bond acceptors (Lipinski definition) is 4. The summed E-state index contributed by atoms with van der Waals surface area (Å²) < 4.78 is 5.40. The average Bonchev–Trinajstić information content (AvgIpc) is 3.20. The smallest absolute Gasteiger partial charge is 0.225 e. The lowest BCUT2D eigenvalue weighted by Gasteiger charge is -2.26.